The first-order valence-corrected chi connectivity index (χ1v) is 6.81. The molecule has 0 spiro atoms. The van der Waals surface area contributed by atoms with Gasteiger partial charge in [-0.25, -0.2) is 0 Å². The van der Waals surface area contributed by atoms with Gasteiger partial charge >= 0.3 is 5.97 Å². The lowest BCUT2D eigenvalue weighted by Gasteiger charge is -2.17. The first-order chi connectivity index (χ1) is 8.04. The minimum atomic E-state index is -0.340. The molecule has 1 atom stereocenters. The summed E-state index contributed by atoms with van der Waals surface area (Å²) in [6.45, 7) is 0. The molecule has 0 saturated heterocycles. The minimum absolute atomic E-state index is 0.265. The summed E-state index contributed by atoms with van der Waals surface area (Å²) in [7, 11) is 1.39. The van der Waals surface area contributed by atoms with Gasteiger partial charge in [0.15, 0.2) is 0 Å². The molecule has 17 heavy (non-hydrogen) atoms. The molecule has 1 aromatic rings. The number of benzene rings is 1. The highest BCUT2D eigenvalue weighted by Gasteiger charge is 2.40. The molecule has 0 amide bonds. The molecule has 1 fully saturated rings. The first kappa shape index (κ1) is 13.2. The van der Waals surface area contributed by atoms with Crippen molar-refractivity contribution in [3.8, 4) is 0 Å². The van der Waals surface area contributed by atoms with Crippen molar-refractivity contribution in [2.45, 2.75) is 18.8 Å². The van der Waals surface area contributed by atoms with E-state index in [1.807, 2.05) is 0 Å². The van der Waals surface area contributed by atoms with Crippen molar-refractivity contribution in [3.63, 3.8) is 0 Å². The number of carbonyl (C=O) groups excluding carboxylic acids is 1. The van der Waals surface area contributed by atoms with Crippen molar-refractivity contribution in [2.75, 3.05) is 7.11 Å². The highest BCUT2D eigenvalue weighted by molar-refractivity contribution is 9.10. The van der Waals surface area contributed by atoms with Gasteiger partial charge in [-0.15, -0.1) is 0 Å². The van der Waals surface area contributed by atoms with Crippen LogP contribution in [0, 0.1) is 5.92 Å². The van der Waals surface area contributed by atoms with E-state index in [4.69, 9.17) is 27.9 Å². The largest absolute Gasteiger partial charge is 0.469 e. The van der Waals surface area contributed by atoms with Gasteiger partial charge in [0.05, 0.1) is 13.0 Å². The van der Waals surface area contributed by atoms with Crippen LogP contribution < -0.4 is 0 Å². The van der Waals surface area contributed by atoms with Crippen LogP contribution in [-0.4, -0.2) is 13.1 Å². The maximum absolute atomic E-state index is 11.8. The Morgan fingerprint density at radius 3 is 2.35 bits per heavy atom. The number of rotatable bonds is 3. The Balaban J connectivity index is 2.46. The van der Waals surface area contributed by atoms with Crippen LogP contribution in [0.3, 0.4) is 0 Å². The first-order valence-electron chi connectivity index (χ1n) is 5.27. The van der Waals surface area contributed by atoms with Gasteiger partial charge in [-0.1, -0.05) is 39.1 Å². The van der Waals surface area contributed by atoms with E-state index in [2.05, 4.69) is 15.9 Å². The van der Waals surface area contributed by atoms with Gasteiger partial charge in [0.2, 0.25) is 0 Å². The SMILES string of the molecule is COC(=O)C(c1c(Cl)cc(Br)cc1Cl)C1CC1. The summed E-state index contributed by atoms with van der Waals surface area (Å²) < 4.78 is 5.64. The molecule has 2 rings (SSSR count). The summed E-state index contributed by atoms with van der Waals surface area (Å²) in [5.41, 5.74) is 0.686. The van der Waals surface area contributed by atoms with E-state index in [0.717, 1.165) is 17.3 Å². The molecule has 1 aliphatic carbocycles. The lowest BCUT2D eigenvalue weighted by atomic mass is 9.94. The second-order valence-corrected chi connectivity index (χ2v) is 5.85. The van der Waals surface area contributed by atoms with Crippen LogP contribution in [0.15, 0.2) is 16.6 Å². The number of hydrogen-bond acceptors (Lipinski definition) is 2. The van der Waals surface area contributed by atoms with E-state index in [1.54, 1.807) is 12.1 Å². The van der Waals surface area contributed by atoms with Gasteiger partial charge in [-0.05, 0) is 30.9 Å². The standard InChI is InChI=1S/C12H11BrCl2O2/c1-17-12(16)10(6-2-3-6)11-8(14)4-7(13)5-9(11)15/h4-6,10H,2-3H2,1H3. The fourth-order valence-electron chi connectivity index (χ4n) is 1.95. The van der Waals surface area contributed by atoms with Crippen LogP contribution in [0.4, 0.5) is 0 Å². The Bertz CT molecular complexity index is 435. The van der Waals surface area contributed by atoms with Crippen LogP contribution in [-0.2, 0) is 9.53 Å². The van der Waals surface area contributed by atoms with Crippen LogP contribution in [0.5, 0.6) is 0 Å². The summed E-state index contributed by atoms with van der Waals surface area (Å²) in [5, 5.41) is 1.01. The topological polar surface area (TPSA) is 26.3 Å². The lowest BCUT2D eigenvalue weighted by Crippen LogP contribution is -2.17. The Labute approximate surface area is 118 Å². The van der Waals surface area contributed by atoms with E-state index >= 15 is 0 Å². The zero-order valence-electron chi connectivity index (χ0n) is 9.17. The normalized spacial score (nSPS) is 16.7. The Morgan fingerprint density at radius 1 is 1.41 bits per heavy atom. The predicted molar refractivity (Wildman–Crippen MR) is 71.6 cm³/mol. The molecule has 5 heteroatoms. The minimum Gasteiger partial charge on any atom is -0.469 e. The number of carbonyl (C=O) groups is 1. The molecule has 0 aliphatic heterocycles. The molecule has 1 aromatic carbocycles. The summed E-state index contributed by atoms with van der Waals surface area (Å²) in [6, 6.07) is 3.50. The maximum Gasteiger partial charge on any atom is 0.313 e. The lowest BCUT2D eigenvalue weighted by molar-refractivity contribution is -0.143. The molecular formula is C12H11BrCl2O2. The molecule has 1 saturated carbocycles. The second-order valence-electron chi connectivity index (χ2n) is 4.12. The third kappa shape index (κ3) is 2.78. The van der Waals surface area contributed by atoms with Crippen molar-refractivity contribution in [1.82, 2.24) is 0 Å². The highest BCUT2D eigenvalue weighted by atomic mass is 79.9. The zero-order chi connectivity index (χ0) is 12.6. The molecule has 0 radical (unpaired) electrons. The number of methoxy groups -OCH3 is 1. The Kier molecular flexibility index (Phi) is 4.01. The molecule has 2 nitrogen and oxygen atoms in total. The smallest absolute Gasteiger partial charge is 0.313 e. The van der Waals surface area contributed by atoms with Crippen LogP contribution >= 0.6 is 39.1 Å². The highest BCUT2D eigenvalue weighted by Crippen LogP contribution is 2.47. The molecule has 0 aromatic heterocycles. The molecule has 0 heterocycles. The maximum atomic E-state index is 11.8. The summed E-state index contributed by atoms with van der Waals surface area (Å²) in [5.74, 6) is -0.301. The van der Waals surface area contributed by atoms with Gasteiger partial charge in [0.1, 0.15) is 0 Å². The molecule has 0 bridgehead atoms. The van der Waals surface area contributed by atoms with E-state index in [-0.39, 0.29) is 11.9 Å². The molecule has 0 N–H and O–H groups in total. The van der Waals surface area contributed by atoms with E-state index < -0.39 is 0 Å². The van der Waals surface area contributed by atoms with Crippen molar-refractivity contribution in [1.29, 1.82) is 0 Å². The number of halogens is 3. The van der Waals surface area contributed by atoms with Crippen LogP contribution in [0.2, 0.25) is 10.0 Å². The number of esters is 1. The van der Waals surface area contributed by atoms with Crippen molar-refractivity contribution >= 4 is 45.1 Å². The van der Waals surface area contributed by atoms with Gasteiger partial charge in [0, 0.05) is 20.1 Å². The van der Waals surface area contributed by atoms with Crippen molar-refractivity contribution < 1.29 is 9.53 Å². The second kappa shape index (κ2) is 5.17. The van der Waals surface area contributed by atoms with Gasteiger partial charge in [0.25, 0.3) is 0 Å². The average Bonchev–Trinajstić information content (AvgIpc) is 3.05. The van der Waals surface area contributed by atoms with E-state index in [9.17, 15) is 4.79 Å². The van der Waals surface area contributed by atoms with Crippen molar-refractivity contribution in [2.24, 2.45) is 5.92 Å². The fraction of sp³-hybridized carbons (Fsp3) is 0.417. The molecule has 92 valence electrons. The van der Waals surface area contributed by atoms with Gasteiger partial charge in [-0.2, -0.15) is 0 Å². The average molecular weight is 338 g/mol. The Hall–Kier alpha value is -0.250. The summed E-state index contributed by atoms with van der Waals surface area (Å²) in [6.07, 6.45) is 2.03. The zero-order valence-corrected chi connectivity index (χ0v) is 12.3. The summed E-state index contributed by atoms with van der Waals surface area (Å²) >= 11 is 15.7. The third-order valence-electron chi connectivity index (χ3n) is 2.90. The van der Waals surface area contributed by atoms with Crippen LogP contribution in [0.1, 0.15) is 24.3 Å². The predicted octanol–water partition coefficient (Wildman–Crippen LogP) is 4.42. The van der Waals surface area contributed by atoms with E-state index in [0.29, 0.717) is 21.5 Å². The fourth-order valence-corrected chi connectivity index (χ4v) is 3.40. The number of hydrogen-bond donors (Lipinski definition) is 0. The molecular weight excluding hydrogens is 327 g/mol. The quantitative estimate of drug-likeness (QED) is 0.763. The molecule has 1 unspecified atom stereocenters. The van der Waals surface area contributed by atoms with Crippen LogP contribution in [0.25, 0.3) is 0 Å². The van der Waals surface area contributed by atoms with Gasteiger partial charge in [-0.3, -0.25) is 4.79 Å². The van der Waals surface area contributed by atoms with Gasteiger partial charge < -0.3 is 4.74 Å². The molecule has 1 aliphatic rings. The van der Waals surface area contributed by atoms with Crippen molar-refractivity contribution in [3.05, 3.63) is 32.2 Å². The monoisotopic (exact) mass is 336 g/mol. The number of ether oxygens (including phenoxy) is 1. The van der Waals surface area contributed by atoms with E-state index in [1.165, 1.54) is 7.11 Å². The Morgan fingerprint density at radius 2 is 1.94 bits per heavy atom. The summed E-state index contributed by atoms with van der Waals surface area (Å²) in [4.78, 5) is 11.8. The third-order valence-corrected chi connectivity index (χ3v) is 3.99.